The molecule has 0 aliphatic heterocycles. The van der Waals surface area contributed by atoms with Crippen LogP contribution in [0.3, 0.4) is 0 Å². The molecule has 0 heterocycles. The van der Waals surface area contributed by atoms with Gasteiger partial charge in [0.2, 0.25) is 0 Å². The van der Waals surface area contributed by atoms with Crippen LogP contribution in [0.2, 0.25) is 0 Å². The van der Waals surface area contributed by atoms with Crippen LogP contribution in [0, 0.1) is 0 Å². The predicted octanol–water partition coefficient (Wildman–Crippen LogP) is 2.02. The number of hydrogen-bond donors (Lipinski definition) is 2. The summed E-state index contributed by atoms with van der Waals surface area (Å²) in [6.07, 6.45) is -0.0725. The number of carboxylic acid groups (broad SMARTS) is 1. The Hall–Kier alpha value is -1.53. The minimum atomic E-state index is -0.904. The van der Waals surface area contributed by atoms with Crippen LogP contribution in [0.5, 0.6) is 0 Å². The fraction of sp³-hybridized carbons (Fsp3) is 0.429. The molecule has 5 nitrogen and oxygen atoms in total. The van der Waals surface area contributed by atoms with E-state index in [-0.39, 0.29) is 12.0 Å². The summed E-state index contributed by atoms with van der Waals surface area (Å²) < 4.78 is 5.07. The van der Waals surface area contributed by atoms with E-state index in [9.17, 15) is 9.59 Å². The SMILES string of the molecule is COC(C)CNC(=O)c1ccccc1SC(C)C(=O)O. The van der Waals surface area contributed by atoms with Gasteiger partial charge in [-0.2, -0.15) is 0 Å². The third-order valence-corrected chi connectivity index (χ3v) is 3.90. The van der Waals surface area contributed by atoms with Gasteiger partial charge in [0.1, 0.15) is 5.25 Å². The van der Waals surface area contributed by atoms with E-state index < -0.39 is 11.2 Å². The smallest absolute Gasteiger partial charge is 0.316 e. The van der Waals surface area contributed by atoms with Crippen molar-refractivity contribution in [2.45, 2.75) is 30.1 Å². The molecule has 0 aliphatic rings. The van der Waals surface area contributed by atoms with Crippen molar-refractivity contribution in [2.75, 3.05) is 13.7 Å². The number of methoxy groups -OCH3 is 1. The normalized spacial score (nSPS) is 13.6. The molecule has 2 atom stereocenters. The summed E-state index contributed by atoms with van der Waals surface area (Å²) in [6.45, 7) is 3.85. The van der Waals surface area contributed by atoms with Gasteiger partial charge >= 0.3 is 5.97 Å². The molecule has 1 rings (SSSR count). The molecule has 2 N–H and O–H groups in total. The van der Waals surface area contributed by atoms with Gasteiger partial charge in [-0.3, -0.25) is 9.59 Å². The van der Waals surface area contributed by atoms with Crippen LogP contribution in [0.25, 0.3) is 0 Å². The maximum Gasteiger partial charge on any atom is 0.316 e. The highest BCUT2D eigenvalue weighted by Gasteiger charge is 2.17. The van der Waals surface area contributed by atoms with Gasteiger partial charge in [-0.05, 0) is 26.0 Å². The van der Waals surface area contributed by atoms with Crippen LogP contribution in [0.15, 0.2) is 29.2 Å². The quantitative estimate of drug-likeness (QED) is 0.753. The zero-order valence-corrected chi connectivity index (χ0v) is 12.6. The minimum absolute atomic E-state index is 0.0725. The van der Waals surface area contributed by atoms with Crippen molar-refractivity contribution in [3.8, 4) is 0 Å². The first-order chi connectivity index (χ1) is 9.45. The Morgan fingerprint density at radius 1 is 1.35 bits per heavy atom. The lowest BCUT2D eigenvalue weighted by atomic mass is 10.2. The number of carbonyl (C=O) groups excluding carboxylic acids is 1. The van der Waals surface area contributed by atoms with Gasteiger partial charge in [0.15, 0.2) is 0 Å². The van der Waals surface area contributed by atoms with Gasteiger partial charge in [0.05, 0.1) is 11.7 Å². The Labute approximate surface area is 122 Å². The molecule has 0 bridgehead atoms. The summed E-state index contributed by atoms with van der Waals surface area (Å²) in [7, 11) is 1.58. The van der Waals surface area contributed by atoms with Crippen LogP contribution in [0.1, 0.15) is 24.2 Å². The standard InChI is InChI=1S/C14H19NO4S/c1-9(19-3)8-15-13(16)11-6-4-5-7-12(11)20-10(2)14(17)18/h4-7,9-10H,8H2,1-3H3,(H,15,16)(H,17,18). The molecule has 110 valence electrons. The number of carbonyl (C=O) groups is 2. The first kappa shape index (κ1) is 16.5. The van der Waals surface area contributed by atoms with E-state index in [0.29, 0.717) is 17.0 Å². The van der Waals surface area contributed by atoms with E-state index in [1.54, 1.807) is 38.3 Å². The fourth-order valence-electron chi connectivity index (χ4n) is 1.41. The molecule has 6 heteroatoms. The highest BCUT2D eigenvalue weighted by molar-refractivity contribution is 8.00. The lowest BCUT2D eigenvalue weighted by Gasteiger charge is -2.14. The van der Waals surface area contributed by atoms with Gasteiger partial charge in [0.25, 0.3) is 5.91 Å². The number of carboxylic acids is 1. The molecule has 20 heavy (non-hydrogen) atoms. The number of thioether (sulfide) groups is 1. The second kappa shape index (κ2) is 7.91. The Balaban J connectivity index is 2.79. The maximum absolute atomic E-state index is 12.1. The number of aliphatic carboxylic acids is 1. The third-order valence-electron chi connectivity index (χ3n) is 2.74. The van der Waals surface area contributed by atoms with E-state index in [0.717, 1.165) is 11.8 Å². The summed E-state index contributed by atoms with van der Waals surface area (Å²) in [6, 6.07) is 6.97. The van der Waals surface area contributed by atoms with Crippen molar-refractivity contribution in [2.24, 2.45) is 0 Å². The van der Waals surface area contributed by atoms with Gasteiger partial charge in [-0.15, -0.1) is 11.8 Å². The average molecular weight is 297 g/mol. The monoisotopic (exact) mass is 297 g/mol. The fourth-order valence-corrected chi connectivity index (χ4v) is 2.34. The molecule has 0 radical (unpaired) electrons. The van der Waals surface area contributed by atoms with Crippen molar-refractivity contribution < 1.29 is 19.4 Å². The molecule has 0 saturated carbocycles. The summed E-state index contributed by atoms with van der Waals surface area (Å²) in [5, 5.41) is 11.1. The Kier molecular flexibility index (Phi) is 6.54. The minimum Gasteiger partial charge on any atom is -0.480 e. The van der Waals surface area contributed by atoms with Crippen molar-refractivity contribution in [1.82, 2.24) is 5.32 Å². The summed E-state index contributed by atoms with van der Waals surface area (Å²) in [4.78, 5) is 23.7. The second-order valence-electron chi connectivity index (χ2n) is 4.35. The number of amides is 1. The summed E-state index contributed by atoms with van der Waals surface area (Å²) >= 11 is 1.16. The van der Waals surface area contributed by atoms with Crippen molar-refractivity contribution in [1.29, 1.82) is 0 Å². The van der Waals surface area contributed by atoms with Crippen LogP contribution < -0.4 is 5.32 Å². The molecule has 0 saturated heterocycles. The van der Waals surface area contributed by atoms with Crippen LogP contribution in [-0.2, 0) is 9.53 Å². The zero-order chi connectivity index (χ0) is 15.1. The number of ether oxygens (including phenoxy) is 1. The van der Waals surface area contributed by atoms with Crippen molar-refractivity contribution in [3.63, 3.8) is 0 Å². The van der Waals surface area contributed by atoms with Gasteiger partial charge in [-0.25, -0.2) is 0 Å². The van der Waals surface area contributed by atoms with Crippen LogP contribution >= 0.6 is 11.8 Å². The van der Waals surface area contributed by atoms with E-state index in [1.807, 2.05) is 6.92 Å². The van der Waals surface area contributed by atoms with Crippen molar-refractivity contribution in [3.05, 3.63) is 29.8 Å². The highest BCUT2D eigenvalue weighted by atomic mass is 32.2. The Bertz CT molecular complexity index is 478. The van der Waals surface area contributed by atoms with E-state index in [4.69, 9.17) is 9.84 Å². The number of benzene rings is 1. The molecule has 1 amide bonds. The van der Waals surface area contributed by atoms with E-state index >= 15 is 0 Å². The van der Waals surface area contributed by atoms with Crippen LogP contribution in [0.4, 0.5) is 0 Å². The molecule has 0 fully saturated rings. The molecule has 0 aliphatic carbocycles. The Morgan fingerprint density at radius 2 is 2.00 bits per heavy atom. The lowest BCUT2D eigenvalue weighted by Crippen LogP contribution is -2.31. The first-order valence-corrected chi connectivity index (χ1v) is 7.13. The van der Waals surface area contributed by atoms with Gasteiger partial charge in [-0.1, -0.05) is 12.1 Å². The summed E-state index contributed by atoms with van der Waals surface area (Å²) in [5.74, 6) is -1.13. The lowest BCUT2D eigenvalue weighted by molar-refractivity contribution is -0.136. The van der Waals surface area contributed by atoms with Crippen molar-refractivity contribution >= 4 is 23.6 Å². The summed E-state index contributed by atoms with van der Waals surface area (Å²) in [5.41, 5.74) is 0.480. The van der Waals surface area contributed by atoms with E-state index in [1.165, 1.54) is 0 Å². The largest absolute Gasteiger partial charge is 0.480 e. The molecular formula is C14H19NO4S. The topological polar surface area (TPSA) is 75.6 Å². The second-order valence-corrected chi connectivity index (χ2v) is 5.73. The molecule has 2 unspecified atom stereocenters. The van der Waals surface area contributed by atoms with Gasteiger partial charge in [0, 0.05) is 18.6 Å². The maximum atomic E-state index is 12.1. The molecule has 0 aromatic heterocycles. The molecule has 1 aromatic rings. The van der Waals surface area contributed by atoms with E-state index in [2.05, 4.69) is 5.32 Å². The first-order valence-electron chi connectivity index (χ1n) is 6.25. The molecular weight excluding hydrogens is 278 g/mol. The van der Waals surface area contributed by atoms with Gasteiger partial charge < -0.3 is 15.2 Å². The molecule has 0 spiro atoms. The highest BCUT2D eigenvalue weighted by Crippen LogP contribution is 2.26. The van der Waals surface area contributed by atoms with Crippen LogP contribution in [-0.4, -0.2) is 42.0 Å². The number of rotatable bonds is 7. The molecule has 1 aromatic carbocycles. The average Bonchev–Trinajstić information content (AvgIpc) is 2.44. The predicted molar refractivity (Wildman–Crippen MR) is 78.2 cm³/mol. The third kappa shape index (κ3) is 4.86. The number of nitrogens with one attached hydrogen (secondary N) is 1. The number of hydrogen-bond acceptors (Lipinski definition) is 4. The Morgan fingerprint density at radius 3 is 2.60 bits per heavy atom. The zero-order valence-electron chi connectivity index (χ0n) is 11.8.